The fraction of sp³-hybridized carbons (Fsp3) is 0.667. The molecule has 2 rings (SSSR count). The monoisotopic (exact) mass is 438 g/mol. The Bertz CT molecular complexity index is 431. The van der Waals surface area contributed by atoms with Gasteiger partial charge in [-0.1, -0.05) is 13.8 Å². The van der Waals surface area contributed by atoms with Crippen LogP contribution < -0.4 is 5.73 Å². The molecule has 0 spiro atoms. The van der Waals surface area contributed by atoms with E-state index < -0.39 is 0 Å². The summed E-state index contributed by atoms with van der Waals surface area (Å²) in [5.74, 6) is 3.89. The summed E-state index contributed by atoms with van der Waals surface area (Å²) >= 11 is 1.98. The molecule has 0 saturated carbocycles. The molecule has 0 radical (unpaired) electrons. The van der Waals surface area contributed by atoms with Crippen molar-refractivity contribution < 1.29 is 4.42 Å². The number of halogens is 1. The third kappa shape index (κ3) is 5.34. The summed E-state index contributed by atoms with van der Waals surface area (Å²) in [4.78, 5) is 9.16. The summed E-state index contributed by atoms with van der Waals surface area (Å²) in [6.45, 7) is 8.90. The Labute approximate surface area is 154 Å². The van der Waals surface area contributed by atoms with Gasteiger partial charge >= 0.3 is 0 Å². The molecule has 126 valence electrons. The molecule has 0 bridgehead atoms. The minimum absolute atomic E-state index is 0. The molecule has 1 aromatic heterocycles. The van der Waals surface area contributed by atoms with Gasteiger partial charge in [0, 0.05) is 24.6 Å². The van der Waals surface area contributed by atoms with Crippen molar-refractivity contribution in [1.29, 1.82) is 0 Å². The number of aliphatic imine (C=N–C) groups is 1. The van der Waals surface area contributed by atoms with Gasteiger partial charge in [0.2, 0.25) is 0 Å². The molecule has 1 aliphatic rings. The minimum Gasteiger partial charge on any atom is -0.468 e. The van der Waals surface area contributed by atoms with E-state index in [0.29, 0.717) is 12.5 Å². The summed E-state index contributed by atoms with van der Waals surface area (Å²) in [5.41, 5.74) is 6.15. The first-order chi connectivity index (χ1) is 10.3. The van der Waals surface area contributed by atoms with Gasteiger partial charge in [0.25, 0.3) is 0 Å². The number of nitrogens with two attached hydrogens (primary N) is 1. The van der Waals surface area contributed by atoms with Gasteiger partial charge in [0.1, 0.15) is 5.76 Å². The van der Waals surface area contributed by atoms with Crippen LogP contribution in [0.5, 0.6) is 0 Å². The predicted molar refractivity (Wildman–Crippen MR) is 105 cm³/mol. The summed E-state index contributed by atoms with van der Waals surface area (Å²) in [6.07, 6.45) is 1.72. The molecule has 1 fully saturated rings. The van der Waals surface area contributed by atoms with Crippen molar-refractivity contribution in [3.8, 4) is 0 Å². The lowest BCUT2D eigenvalue weighted by Crippen LogP contribution is -2.43. The Morgan fingerprint density at radius 2 is 2.09 bits per heavy atom. The molecule has 0 aliphatic carbocycles. The highest BCUT2D eigenvalue weighted by molar-refractivity contribution is 14.0. The number of rotatable bonds is 6. The maximum absolute atomic E-state index is 6.15. The Morgan fingerprint density at radius 3 is 2.64 bits per heavy atom. The van der Waals surface area contributed by atoms with Crippen LogP contribution >= 0.6 is 35.7 Å². The molecule has 0 amide bonds. The van der Waals surface area contributed by atoms with E-state index in [1.165, 1.54) is 0 Å². The van der Waals surface area contributed by atoms with E-state index in [4.69, 9.17) is 10.2 Å². The maximum atomic E-state index is 6.15. The molecule has 1 aromatic rings. The fourth-order valence-electron chi connectivity index (χ4n) is 2.60. The minimum atomic E-state index is 0. The lowest BCUT2D eigenvalue weighted by molar-refractivity contribution is 0.198. The van der Waals surface area contributed by atoms with E-state index >= 15 is 0 Å². The Hall–Kier alpha value is -0.410. The molecule has 7 heteroatoms. The quantitative estimate of drug-likeness (QED) is 0.421. The number of likely N-dealkylation sites (N-methyl/N-ethyl adjacent to an activating group) is 1. The Balaban J connectivity index is 0.00000242. The summed E-state index contributed by atoms with van der Waals surface area (Å²) < 4.78 is 5.59. The van der Waals surface area contributed by atoms with Crippen molar-refractivity contribution in [2.45, 2.75) is 19.9 Å². The number of nitrogens with zero attached hydrogens (tertiary/aromatic N) is 3. The molecular weight excluding hydrogens is 411 g/mol. The second-order valence-electron chi connectivity index (χ2n) is 5.05. The van der Waals surface area contributed by atoms with Crippen LogP contribution in [-0.4, -0.2) is 60.0 Å². The SMILES string of the molecule is CCN(CC)C(CN=C(N)N1CCSCC1)c1ccco1.I. The third-order valence-electron chi connectivity index (χ3n) is 3.89. The molecule has 2 heterocycles. The van der Waals surface area contributed by atoms with E-state index in [2.05, 4.69) is 28.6 Å². The number of hydrogen-bond acceptors (Lipinski definition) is 4. The zero-order valence-corrected chi connectivity index (χ0v) is 16.5. The number of thioether (sulfide) groups is 1. The van der Waals surface area contributed by atoms with Crippen molar-refractivity contribution >= 4 is 41.7 Å². The van der Waals surface area contributed by atoms with Crippen molar-refractivity contribution in [2.24, 2.45) is 10.7 Å². The maximum Gasteiger partial charge on any atom is 0.191 e. The second-order valence-corrected chi connectivity index (χ2v) is 6.28. The van der Waals surface area contributed by atoms with E-state index in [1.807, 2.05) is 23.9 Å². The first-order valence-corrected chi connectivity index (χ1v) is 8.81. The molecule has 1 saturated heterocycles. The summed E-state index contributed by atoms with van der Waals surface area (Å²) in [6, 6.07) is 4.11. The summed E-state index contributed by atoms with van der Waals surface area (Å²) in [5, 5.41) is 0. The van der Waals surface area contributed by atoms with Crippen LogP contribution in [0.15, 0.2) is 27.8 Å². The average Bonchev–Trinajstić information content (AvgIpc) is 3.06. The average molecular weight is 438 g/mol. The highest BCUT2D eigenvalue weighted by Crippen LogP contribution is 2.21. The Morgan fingerprint density at radius 1 is 1.41 bits per heavy atom. The first-order valence-electron chi connectivity index (χ1n) is 7.66. The number of furan rings is 1. The zero-order valence-electron chi connectivity index (χ0n) is 13.4. The van der Waals surface area contributed by atoms with Crippen LogP contribution in [0.2, 0.25) is 0 Å². The second kappa shape index (κ2) is 10.4. The van der Waals surface area contributed by atoms with E-state index in [-0.39, 0.29) is 30.0 Å². The molecule has 1 aliphatic heterocycles. The topological polar surface area (TPSA) is 58.0 Å². The molecule has 22 heavy (non-hydrogen) atoms. The number of guanidine groups is 1. The van der Waals surface area contributed by atoms with Crippen molar-refractivity contribution in [2.75, 3.05) is 44.2 Å². The highest BCUT2D eigenvalue weighted by Gasteiger charge is 2.21. The summed E-state index contributed by atoms with van der Waals surface area (Å²) in [7, 11) is 0. The lowest BCUT2D eigenvalue weighted by atomic mass is 10.2. The van der Waals surface area contributed by atoms with Crippen LogP contribution in [0.1, 0.15) is 25.6 Å². The van der Waals surface area contributed by atoms with Gasteiger partial charge in [-0.05, 0) is 25.2 Å². The highest BCUT2D eigenvalue weighted by atomic mass is 127. The third-order valence-corrected chi connectivity index (χ3v) is 4.83. The van der Waals surface area contributed by atoms with Crippen LogP contribution in [-0.2, 0) is 0 Å². The van der Waals surface area contributed by atoms with Gasteiger partial charge < -0.3 is 15.1 Å². The lowest BCUT2D eigenvalue weighted by Gasteiger charge is -2.29. The van der Waals surface area contributed by atoms with Crippen molar-refractivity contribution in [3.63, 3.8) is 0 Å². The number of hydrogen-bond donors (Lipinski definition) is 1. The van der Waals surface area contributed by atoms with Gasteiger partial charge in [-0.15, -0.1) is 24.0 Å². The first kappa shape index (κ1) is 19.6. The van der Waals surface area contributed by atoms with E-state index in [0.717, 1.165) is 43.4 Å². The van der Waals surface area contributed by atoms with Crippen molar-refractivity contribution in [3.05, 3.63) is 24.2 Å². The predicted octanol–water partition coefficient (Wildman–Crippen LogP) is 2.64. The smallest absolute Gasteiger partial charge is 0.191 e. The van der Waals surface area contributed by atoms with E-state index in [9.17, 15) is 0 Å². The van der Waals surface area contributed by atoms with Crippen molar-refractivity contribution in [1.82, 2.24) is 9.80 Å². The van der Waals surface area contributed by atoms with Crippen LogP contribution in [0.4, 0.5) is 0 Å². The van der Waals surface area contributed by atoms with Crippen LogP contribution in [0.3, 0.4) is 0 Å². The van der Waals surface area contributed by atoms with E-state index in [1.54, 1.807) is 6.26 Å². The zero-order chi connectivity index (χ0) is 15.1. The molecule has 1 unspecified atom stereocenters. The van der Waals surface area contributed by atoms with Gasteiger partial charge in [-0.3, -0.25) is 9.89 Å². The van der Waals surface area contributed by atoms with Crippen LogP contribution in [0, 0.1) is 0 Å². The standard InChI is InChI=1S/C15H26N4OS.HI/c1-3-18(4-2)13(14-6-5-9-20-14)12-17-15(16)19-7-10-21-11-8-19;/h5-6,9,13H,3-4,7-8,10-12H2,1-2H3,(H2,16,17);1H. The van der Waals surface area contributed by atoms with Gasteiger partial charge in [-0.25, -0.2) is 0 Å². The van der Waals surface area contributed by atoms with Crippen LogP contribution in [0.25, 0.3) is 0 Å². The Kier molecular flexibility index (Phi) is 9.27. The largest absolute Gasteiger partial charge is 0.468 e. The molecular formula is C15H27IN4OS. The fourth-order valence-corrected chi connectivity index (χ4v) is 3.51. The van der Waals surface area contributed by atoms with Gasteiger partial charge in [0.05, 0.1) is 18.8 Å². The normalized spacial score (nSPS) is 17.4. The molecule has 2 N–H and O–H groups in total. The molecule has 1 atom stereocenters. The van der Waals surface area contributed by atoms with Gasteiger partial charge in [0.15, 0.2) is 5.96 Å². The van der Waals surface area contributed by atoms with Gasteiger partial charge in [-0.2, -0.15) is 11.8 Å². The molecule has 0 aromatic carbocycles. The molecule has 5 nitrogen and oxygen atoms in total.